The minimum Gasteiger partial charge on any atom is -0.520 e. The summed E-state index contributed by atoms with van der Waals surface area (Å²) in [5, 5.41) is 0. The summed E-state index contributed by atoms with van der Waals surface area (Å²) in [6, 6.07) is 7.80. The molecule has 1 aliphatic rings. The first-order valence-corrected chi connectivity index (χ1v) is 6.90. The largest absolute Gasteiger partial charge is 0.624 e. The molecule has 0 radical (unpaired) electrons. The van der Waals surface area contributed by atoms with Gasteiger partial charge in [0.1, 0.15) is 11.5 Å². The molecule has 96 valence electrons. The minimum absolute atomic E-state index is 0.254. The molecule has 0 bridgehead atoms. The van der Waals surface area contributed by atoms with E-state index in [0.717, 1.165) is 11.5 Å². The van der Waals surface area contributed by atoms with Crippen LogP contribution in [0.25, 0.3) is 0 Å². The van der Waals surface area contributed by atoms with Crippen LogP contribution in [-0.2, 0) is 0 Å². The zero-order valence-electron chi connectivity index (χ0n) is 11.3. The molecule has 1 aliphatic heterocycles. The van der Waals surface area contributed by atoms with E-state index >= 15 is 0 Å². The standard InChI is InChI=1S/C15H21BO2/c1-3-4-5-8-13(2)11-12-16-17-14-9-6-7-10-15(14)18-16/h6-7,9-13H,3-5,8H2,1-2H3/b12-11+/t13-/m1/s1. The van der Waals surface area contributed by atoms with Gasteiger partial charge in [-0.2, -0.15) is 0 Å². The Balaban J connectivity index is 1.78. The van der Waals surface area contributed by atoms with Crippen LogP contribution in [0.15, 0.2) is 36.3 Å². The molecule has 0 saturated heterocycles. The molecule has 1 aromatic rings. The van der Waals surface area contributed by atoms with Gasteiger partial charge in [-0.1, -0.05) is 51.3 Å². The van der Waals surface area contributed by atoms with Crippen LogP contribution < -0.4 is 9.31 Å². The fourth-order valence-corrected chi connectivity index (χ4v) is 2.09. The van der Waals surface area contributed by atoms with Crippen molar-refractivity contribution in [2.45, 2.75) is 39.5 Å². The average Bonchev–Trinajstić information content (AvgIpc) is 2.79. The predicted molar refractivity (Wildman–Crippen MR) is 75.9 cm³/mol. The number of hydrogen-bond acceptors (Lipinski definition) is 2. The van der Waals surface area contributed by atoms with Gasteiger partial charge in [0.2, 0.25) is 0 Å². The molecule has 3 heteroatoms. The Labute approximate surface area is 110 Å². The molecule has 2 rings (SSSR count). The summed E-state index contributed by atoms with van der Waals surface area (Å²) in [6.45, 7) is 4.48. The summed E-state index contributed by atoms with van der Waals surface area (Å²) in [6.07, 6.45) is 7.34. The highest BCUT2D eigenvalue weighted by Crippen LogP contribution is 2.32. The number of hydrogen-bond donors (Lipinski definition) is 0. The van der Waals surface area contributed by atoms with E-state index in [2.05, 4.69) is 19.9 Å². The van der Waals surface area contributed by atoms with Gasteiger partial charge in [-0.15, -0.1) is 0 Å². The van der Waals surface area contributed by atoms with Crippen LogP contribution in [0.2, 0.25) is 0 Å². The van der Waals surface area contributed by atoms with E-state index in [9.17, 15) is 0 Å². The fourth-order valence-electron chi connectivity index (χ4n) is 2.09. The van der Waals surface area contributed by atoms with Crippen LogP contribution in [0.1, 0.15) is 39.5 Å². The predicted octanol–water partition coefficient (Wildman–Crippen LogP) is 4.26. The molecule has 1 heterocycles. The van der Waals surface area contributed by atoms with Crippen LogP contribution in [-0.4, -0.2) is 7.12 Å². The summed E-state index contributed by atoms with van der Waals surface area (Å²) in [7, 11) is -0.254. The molecule has 0 fully saturated rings. The molecule has 0 spiro atoms. The van der Waals surface area contributed by atoms with E-state index < -0.39 is 0 Å². The van der Waals surface area contributed by atoms with Crippen molar-refractivity contribution in [1.29, 1.82) is 0 Å². The van der Waals surface area contributed by atoms with Crippen molar-refractivity contribution >= 4 is 7.12 Å². The highest BCUT2D eigenvalue weighted by Gasteiger charge is 2.28. The highest BCUT2D eigenvalue weighted by atomic mass is 16.6. The molecule has 0 N–H and O–H groups in total. The van der Waals surface area contributed by atoms with Crippen molar-refractivity contribution in [2.24, 2.45) is 5.92 Å². The second-order valence-electron chi connectivity index (χ2n) is 4.91. The van der Waals surface area contributed by atoms with Gasteiger partial charge in [-0.3, -0.25) is 0 Å². The van der Waals surface area contributed by atoms with Crippen LogP contribution >= 0.6 is 0 Å². The maximum atomic E-state index is 5.67. The molecule has 0 aromatic heterocycles. The molecule has 18 heavy (non-hydrogen) atoms. The van der Waals surface area contributed by atoms with Crippen LogP contribution in [0, 0.1) is 5.92 Å². The van der Waals surface area contributed by atoms with Gasteiger partial charge >= 0.3 is 7.12 Å². The second-order valence-corrected chi connectivity index (χ2v) is 4.91. The lowest BCUT2D eigenvalue weighted by Crippen LogP contribution is -2.21. The van der Waals surface area contributed by atoms with E-state index in [1.54, 1.807) is 0 Å². The third-order valence-electron chi connectivity index (χ3n) is 3.20. The van der Waals surface area contributed by atoms with Gasteiger partial charge in [0, 0.05) is 0 Å². The van der Waals surface area contributed by atoms with Crippen molar-refractivity contribution in [1.82, 2.24) is 0 Å². The normalized spacial score (nSPS) is 15.3. The molecule has 1 aromatic carbocycles. The van der Waals surface area contributed by atoms with Gasteiger partial charge in [-0.05, 0) is 30.4 Å². The molecular weight excluding hydrogens is 223 g/mol. The lowest BCUT2D eigenvalue weighted by atomic mass is 9.87. The summed E-state index contributed by atoms with van der Waals surface area (Å²) in [4.78, 5) is 0. The van der Waals surface area contributed by atoms with Gasteiger partial charge in [0.25, 0.3) is 0 Å². The number of para-hydroxylation sites is 2. The molecule has 2 nitrogen and oxygen atoms in total. The summed E-state index contributed by atoms with van der Waals surface area (Å²) in [5.41, 5.74) is 0. The van der Waals surface area contributed by atoms with E-state index in [4.69, 9.17) is 9.31 Å². The van der Waals surface area contributed by atoms with E-state index in [-0.39, 0.29) is 7.12 Å². The summed E-state index contributed by atoms with van der Waals surface area (Å²) < 4.78 is 11.3. The van der Waals surface area contributed by atoms with Crippen LogP contribution in [0.5, 0.6) is 11.5 Å². The quantitative estimate of drug-likeness (QED) is 0.549. The number of fused-ring (bicyclic) bond motifs is 1. The summed E-state index contributed by atoms with van der Waals surface area (Å²) in [5.74, 6) is 4.29. The maximum absolute atomic E-state index is 5.67. The maximum Gasteiger partial charge on any atom is 0.624 e. The van der Waals surface area contributed by atoms with Crippen LogP contribution in [0.4, 0.5) is 0 Å². The number of rotatable bonds is 6. The summed E-state index contributed by atoms with van der Waals surface area (Å²) >= 11 is 0. The fraction of sp³-hybridized carbons (Fsp3) is 0.467. The van der Waals surface area contributed by atoms with E-state index in [1.165, 1.54) is 25.7 Å². The van der Waals surface area contributed by atoms with Crippen molar-refractivity contribution in [3.63, 3.8) is 0 Å². The third-order valence-corrected chi connectivity index (χ3v) is 3.20. The zero-order chi connectivity index (χ0) is 12.8. The Hall–Kier alpha value is -1.38. The van der Waals surface area contributed by atoms with Gasteiger partial charge in [0.05, 0.1) is 0 Å². The Kier molecular flexibility index (Phi) is 4.74. The first-order chi connectivity index (χ1) is 8.79. The monoisotopic (exact) mass is 244 g/mol. The molecule has 0 amide bonds. The lowest BCUT2D eigenvalue weighted by molar-refractivity contribution is 0.515. The third kappa shape index (κ3) is 3.56. The molecule has 0 unspecified atom stereocenters. The van der Waals surface area contributed by atoms with Crippen LogP contribution in [0.3, 0.4) is 0 Å². The smallest absolute Gasteiger partial charge is 0.520 e. The Morgan fingerprint density at radius 3 is 2.44 bits per heavy atom. The lowest BCUT2D eigenvalue weighted by Gasteiger charge is -2.05. The Bertz CT molecular complexity index is 378. The first kappa shape index (κ1) is 13.1. The minimum atomic E-state index is -0.254. The van der Waals surface area contributed by atoms with Crippen molar-refractivity contribution in [3.05, 3.63) is 36.3 Å². The van der Waals surface area contributed by atoms with Gasteiger partial charge < -0.3 is 9.31 Å². The molecule has 0 aliphatic carbocycles. The molecule has 1 atom stereocenters. The van der Waals surface area contributed by atoms with Crippen molar-refractivity contribution in [3.8, 4) is 11.5 Å². The molecular formula is C15H21BO2. The SMILES string of the molecule is CCCCC[C@@H](C)/C=C/B1Oc2ccccc2O1. The van der Waals surface area contributed by atoms with Crippen molar-refractivity contribution < 1.29 is 9.31 Å². The van der Waals surface area contributed by atoms with E-state index in [1.807, 2.05) is 30.2 Å². The second kappa shape index (κ2) is 6.53. The topological polar surface area (TPSA) is 18.5 Å². The van der Waals surface area contributed by atoms with Crippen molar-refractivity contribution in [2.75, 3.05) is 0 Å². The highest BCUT2D eigenvalue weighted by molar-refractivity contribution is 6.53. The zero-order valence-corrected chi connectivity index (χ0v) is 11.3. The van der Waals surface area contributed by atoms with Gasteiger partial charge in [-0.25, -0.2) is 0 Å². The average molecular weight is 244 g/mol. The number of allylic oxidation sites excluding steroid dienone is 1. The number of unbranched alkanes of at least 4 members (excludes halogenated alkanes) is 2. The Morgan fingerprint density at radius 1 is 1.17 bits per heavy atom. The first-order valence-electron chi connectivity index (χ1n) is 6.90. The Morgan fingerprint density at radius 2 is 1.83 bits per heavy atom. The number of benzene rings is 1. The van der Waals surface area contributed by atoms with Gasteiger partial charge in [0.15, 0.2) is 0 Å². The molecule has 0 saturated carbocycles. The van der Waals surface area contributed by atoms with E-state index in [0.29, 0.717) is 5.92 Å².